The lowest BCUT2D eigenvalue weighted by atomic mass is 10.5. The fraction of sp³-hybridized carbons (Fsp3) is 0.800. The summed E-state index contributed by atoms with van der Waals surface area (Å²) in [5, 5.41) is 0. The van der Waals surface area contributed by atoms with Crippen LogP contribution in [0.15, 0.2) is 12.7 Å². The van der Waals surface area contributed by atoms with Crippen molar-refractivity contribution in [3.8, 4) is 0 Å². The van der Waals surface area contributed by atoms with Crippen molar-refractivity contribution >= 4 is 8.80 Å². The molecule has 14 heavy (non-hydrogen) atoms. The van der Waals surface area contributed by atoms with Gasteiger partial charge in [-0.25, -0.2) is 0 Å². The van der Waals surface area contributed by atoms with Crippen molar-refractivity contribution in [2.24, 2.45) is 0 Å². The highest BCUT2D eigenvalue weighted by Gasteiger charge is 2.38. The van der Waals surface area contributed by atoms with Gasteiger partial charge in [0.2, 0.25) is 0 Å². The summed E-state index contributed by atoms with van der Waals surface area (Å²) >= 11 is 0. The largest absolute Gasteiger partial charge is 0.504 e. The first-order valence-electron chi connectivity index (χ1n) is 5.27. The molecule has 0 rings (SSSR count). The first-order valence-corrected chi connectivity index (χ1v) is 7.20. The summed E-state index contributed by atoms with van der Waals surface area (Å²) in [5.41, 5.74) is 0. The van der Waals surface area contributed by atoms with Crippen molar-refractivity contribution in [2.45, 2.75) is 33.2 Å². The third-order valence-corrected chi connectivity index (χ3v) is 4.54. The highest BCUT2D eigenvalue weighted by atomic mass is 28.4. The topological polar surface area (TPSA) is 27.7 Å². The lowest BCUT2D eigenvalue weighted by molar-refractivity contribution is 0.0700. The summed E-state index contributed by atoms with van der Waals surface area (Å²) in [6, 6.07) is 0.689. The Balaban J connectivity index is 4.28. The van der Waals surface area contributed by atoms with Gasteiger partial charge in [-0.05, 0) is 20.3 Å². The SMILES string of the molecule is C=CC[Si](OCC)(OCC)OCCC. The van der Waals surface area contributed by atoms with E-state index in [1.807, 2.05) is 19.9 Å². The summed E-state index contributed by atoms with van der Waals surface area (Å²) in [6.07, 6.45) is 2.79. The molecule has 0 radical (unpaired) electrons. The number of hydrogen-bond acceptors (Lipinski definition) is 3. The second-order valence-corrected chi connectivity index (χ2v) is 5.53. The molecule has 0 saturated carbocycles. The lowest BCUT2D eigenvalue weighted by Gasteiger charge is -2.27. The third kappa shape index (κ3) is 4.90. The Kier molecular flexibility index (Phi) is 8.08. The minimum atomic E-state index is -2.43. The van der Waals surface area contributed by atoms with Gasteiger partial charge in [-0.2, -0.15) is 0 Å². The van der Waals surface area contributed by atoms with Gasteiger partial charge in [-0.1, -0.05) is 13.0 Å². The maximum Gasteiger partial charge on any atom is 0.504 e. The Morgan fingerprint density at radius 3 is 2.00 bits per heavy atom. The quantitative estimate of drug-likeness (QED) is 0.440. The maximum atomic E-state index is 5.72. The smallest absolute Gasteiger partial charge is 0.374 e. The molecule has 3 nitrogen and oxygen atoms in total. The average molecular weight is 218 g/mol. The minimum Gasteiger partial charge on any atom is -0.374 e. The molecule has 0 aliphatic carbocycles. The summed E-state index contributed by atoms with van der Waals surface area (Å²) in [4.78, 5) is 0. The molecule has 0 heterocycles. The van der Waals surface area contributed by atoms with Crippen LogP contribution in [-0.4, -0.2) is 28.6 Å². The Morgan fingerprint density at radius 2 is 1.64 bits per heavy atom. The van der Waals surface area contributed by atoms with Gasteiger partial charge in [0.05, 0.1) is 0 Å². The van der Waals surface area contributed by atoms with Crippen LogP contribution in [-0.2, 0) is 13.3 Å². The van der Waals surface area contributed by atoms with Crippen LogP contribution in [0, 0.1) is 0 Å². The van der Waals surface area contributed by atoms with E-state index in [2.05, 4.69) is 13.5 Å². The van der Waals surface area contributed by atoms with Gasteiger partial charge in [-0.3, -0.25) is 0 Å². The van der Waals surface area contributed by atoms with Crippen LogP contribution in [0.25, 0.3) is 0 Å². The molecule has 84 valence electrons. The van der Waals surface area contributed by atoms with Crippen molar-refractivity contribution in [3.63, 3.8) is 0 Å². The Morgan fingerprint density at radius 1 is 1.07 bits per heavy atom. The van der Waals surface area contributed by atoms with E-state index in [-0.39, 0.29) is 0 Å². The van der Waals surface area contributed by atoms with E-state index in [0.29, 0.717) is 25.9 Å². The van der Waals surface area contributed by atoms with Crippen molar-refractivity contribution in [3.05, 3.63) is 12.7 Å². The maximum absolute atomic E-state index is 5.72. The molecule has 0 spiro atoms. The number of hydrogen-bond donors (Lipinski definition) is 0. The zero-order valence-corrected chi connectivity index (χ0v) is 10.5. The third-order valence-electron chi connectivity index (χ3n) is 1.65. The zero-order valence-electron chi connectivity index (χ0n) is 9.54. The Labute approximate surface area is 88.4 Å². The van der Waals surface area contributed by atoms with E-state index >= 15 is 0 Å². The van der Waals surface area contributed by atoms with E-state index < -0.39 is 8.80 Å². The molecule has 0 aromatic heterocycles. The standard InChI is InChI=1S/C10H22O3Si/c1-5-9-13-14(10-6-2,11-7-3)12-8-4/h6H,2,5,7-10H2,1,3-4H3. The van der Waals surface area contributed by atoms with E-state index in [0.717, 1.165) is 6.42 Å². The van der Waals surface area contributed by atoms with Crippen LogP contribution < -0.4 is 0 Å². The first kappa shape index (κ1) is 13.8. The molecule has 0 aromatic rings. The van der Waals surface area contributed by atoms with Gasteiger partial charge in [0, 0.05) is 25.9 Å². The summed E-state index contributed by atoms with van der Waals surface area (Å²) in [7, 11) is -2.43. The summed E-state index contributed by atoms with van der Waals surface area (Å²) in [5.74, 6) is 0. The molecule has 4 heteroatoms. The predicted octanol–water partition coefficient (Wildman–Crippen LogP) is 2.61. The second-order valence-electron chi connectivity index (χ2n) is 2.89. The van der Waals surface area contributed by atoms with Crippen molar-refractivity contribution in [1.82, 2.24) is 0 Å². The van der Waals surface area contributed by atoms with Gasteiger partial charge in [-0.15, -0.1) is 6.58 Å². The minimum absolute atomic E-state index is 0.629. The van der Waals surface area contributed by atoms with E-state index in [1.165, 1.54) is 0 Å². The Bertz CT molecular complexity index is 144. The molecule has 0 N–H and O–H groups in total. The second kappa shape index (κ2) is 8.17. The van der Waals surface area contributed by atoms with Crippen LogP contribution in [0.2, 0.25) is 6.04 Å². The molecule has 0 fully saturated rings. The molecular formula is C10H22O3Si. The van der Waals surface area contributed by atoms with E-state index in [4.69, 9.17) is 13.3 Å². The molecule has 0 amide bonds. The predicted molar refractivity (Wildman–Crippen MR) is 60.3 cm³/mol. The molecule has 0 saturated heterocycles. The van der Waals surface area contributed by atoms with Crippen molar-refractivity contribution in [2.75, 3.05) is 19.8 Å². The molecule has 0 aliphatic heterocycles. The van der Waals surface area contributed by atoms with E-state index in [9.17, 15) is 0 Å². The van der Waals surface area contributed by atoms with Gasteiger partial charge in [0.25, 0.3) is 0 Å². The Hall–Kier alpha value is -0.163. The van der Waals surface area contributed by atoms with Crippen LogP contribution in [0.1, 0.15) is 27.2 Å². The van der Waals surface area contributed by atoms with Gasteiger partial charge < -0.3 is 13.3 Å². The fourth-order valence-electron chi connectivity index (χ4n) is 1.18. The fourth-order valence-corrected chi connectivity index (χ4v) is 3.53. The highest BCUT2D eigenvalue weighted by Crippen LogP contribution is 2.16. The van der Waals surface area contributed by atoms with Gasteiger partial charge >= 0.3 is 8.80 Å². The number of allylic oxidation sites excluding steroid dienone is 1. The molecule has 0 atom stereocenters. The highest BCUT2D eigenvalue weighted by molar-refractivity contribution is 6.61. The van der Waals surface area contributed by atoms with Crippen LogP contribution in [0.5, 0.6) is 0 Å². The normalized spacial score (nSPS) is 11.6. The van der Waals surface area contributed by atoms with Crippen LogP contribution >= 0.6 is 0 Å². The zero-order chi connectivity index (χ0) is 10.9. The van der Waals surface area contributed by atoms with Gasteiger partial charge in [0.15, 0.2) is 0 Å². The molecule has 0 aromatic carbocycles. The van der Waals surface area contributed by atoms with Gasteiger partial charge in [0.1, 0.15) is 0 Å². The molecule has 0 aliphatic rings. The monoisotopic (exact) mass is 218 g/mol. The number of rotatable bonds is 9. The van der Waals surface area contributed by atoms with Crippen molar-refractivity contribution < 1.29 is 13.3 Å². The van der Waals surface area contributed by atoms with Crippen molar-refractivity contribution in [1.29, 1.82) is 0 Å². The molecular weight excluding hydrogens is 196 g/mol. The molecule has 0 unspecified atom stereocenters. The van der Waals surface area contributed by atoms with Crippen LogP contribution in [0.4, 0.5) is 0 Å². The van der Waals surface area contributed by atoms with E-state index in [1.54, 1.807) is 0 Å². The summed E-state index contributed by atoms with van der Waals surface area (Å²) in [6.45, 7) is 11.7. The average Bonchev–Trinajstić information content (AvgIpc) is 2.16. The molecule has 0 bridgehead atoms. The first-order chi connectivity index (χ1) is 6.74. The van der Waals surface area contributed by atoms with Crippen LogP contribution in [0.3, 0.4) is 0 Å². The summed E-state index contributed by atoms with van der Waals surface area (Å²) < 4.78 is 17.0. The lowest BCUT2D eigenvalue weighted by Crippen LogP contribution is -2.45.